The fourth-order valence-electron chi connectivity index (χ4n) is 3.53. The number of carbonyl (C=O) groups excluding carboxylic acids is 1. The van der Waals surface area contributed by atoms with Crippen LogP contribution in [0.5, 0.6) is 0 Å². The highest BCUT2D eigenvalue weighted by Gasteiger charge is 2.31. The second kappa shape index (κ2) is 9.01. The predicted molar refractivity (Wildman–Crippen MR) is 106 cm³/mol. The van der Waals surface area contributed by atoms with E-state index in [9.17, 15) is 4.79 Å². The van der Waals surface area contributed by atoms with Gasteiger partial charge in [0.05, 0.1) is 11.6 Å². The molecule has 0 aromatic heterocycles. The molecule has 0 radical (unpaired) electrons. The summed E-state index contributed by atoms with van der Waals surface area (Å²) >= 11 is 6.07. The Morgan fingerprint density at radius 1 is 1.19 bits per heavy atom. The van der Waals surface area contributed by atoms with Crippen molar-refractivity contribution in [2.45, 2.75) is 19.5 Å². The zero-order valence-corrected chi connectivity index (χ0v) is 16.2. The largest absolute Gasteiger partial charge is 0.322 e. The first kappa shape index (κ1) is 19.4. The summed E-state index contributed by atoms with van der Waals surface area (Å²) in [5.41, 5.74) is 2.58. The van der Waals surface area contributed by atoms with E-state index in [1.54, 1.807) is 24.3 Å². The Bertz CT molecular complexity index is 823. The van der Waals surface area contributed by atoms with E-state index in [0.29, 0.717) is 5.56 Å². The standard InChI is InChI=1S/C21H23ClN4O/c1-16(21(27)24-20-7-5-17(14-23)6-8-20)26-11-9-25(10-12-26)15-18-3-2-4-19(22)13-18/h2-8,13,16H,9-12,15H2,1H3,(H,24,27)/p+2/t16-/m1/s1. The Hall–Kier alpha value is -2.39. The summed E-state index contributed by atoms with van der Waals surface area (Å²) in [6.45, 7) is 6.97. The summed E-state index contributed by atoms with van der Waals surface area (Å²) in [6.07, 6.45) is 0. The molecule has 1 aliphatic rings. The number of piperazine rings is 1. The van der Waals surface area contributed by atoms with Gasteiger partial charge < -0.3 is 15.1 Å². The third-order valence-electron chi connectivity index (χ3n) is 5.23. The van der Waals surface area contributed by atoms with Crippen LogP contribution in [0.1, 0.15) is 18.1 Å². The van der Waals surface area contributed by atoms with E-state index in [1.165, 1.54) is 15.4 Å². The molecule has 1 aliphatic heterocycles. The molecule has 1 heterocycles. The number of nitriles is 1. The number of rotatable bonds is 5. The summed E-state index contributed by atoms with van der Waals surface area (Å²) in [4.78, 5) is 15.4. The first-order valence-electron chi connectivity index (χ1n) is 9.29. The third kappa shape index (κ3) is 5.30. The highest BCUT2D eigenvalue weighted by atomic mass is 35.5. The number of halogens is 1. The first-order chi connectivity index (χ1) is 13.0. The number of nitrogens with zero attached hydrogens (tertiary/aromatic N) is 1. The molecule has 6 heteroatoms. The van der Waals surface area contributed by atoms with Crippen molar-refractivity contribution in [2.24, 2.45) is 0 Å². The zero-order valence-electron chi connectivity index (χ0n) is 15.5. The molecule has 140 valence electrons. The van der Waals surface area contributed by atoms with E-state index in [-0.39, 0.29) is 11.9 Å². The van der Waals surface area contributed by atoms with Crippen LogP contribution in [-0.4, -0.2) is 38.1 Å². The molecular weight excluding hydrogens is 360 g/mol. The summed E-state index contributed by atoms with van der Waals surface area (Å²) in [5, 5.41) is 12.6. The number of hydrogen-bond donors (Lipinski definition) is 3. The Morgan fingerprint density at radius 3 is 2.52 bits per heavy atom. The minimum absolute atomic E-state index is 0.0213. The number of hydrogen-bond acceptors (Lipinski definition) is 2. The van der Waals surface area contributed by atoms with Gasteiger partial charge in [0.2, 0.25) is 0 Å². The topological polar surface area (TPSA) is 61.8 Å². The van der Waals surface area contributed by atoms with E-state index < -0.39 is 0 Å². The second-order valence-corrected chi connectivity index (χ2v) is 7.55. The van der Waals surface area contributed by atoms with Crippen molar-refractivity contribution in [1.82, 2.24) is 0 Å². The van der Waals surface area contributed by atoms with Crippen LogP contribution in [0.4, 0.5) is 5.69 Å². The number of anilines is 1. The Balaban J connectivity index is 1.49. The maximum Gasteiger partial charge on any atom is 0.282 e. The molecule has 3 N–H and O–H groups in total. The van der Waals surface area contributed by atoms with Gasteiger partial charge in [-0.3, -0.25) is 4.79 Å². The molecule has 0 aliphatic carbocycles. The molecule has 0 bridgehead atoms. The van der Waals surface area contributed by atoms with Crippen LogP contribution < -0.4 is 15.1 Å². The van der Waals surface area contributed by atoms with Crippen molar-refractivity contribution in [3.05, 3.63) is 64.7 Å². The van der Waals surface area contributed by atoms with Crippen LogP contribution >= 0.6 is 11.6 Å². The number of benzene rings is 2. The summed E-state index contributed by atoms with van der Waals surface area (Å²) in [6, 6.07) is 17.0. The van der Waals surface area contributed by atoms with Crippen LogP contribution in [0.15, 0.2) is 48.5 Å². The number of nitrogens with one attached hydrogen (secondary N) is 3. The lowest BCUT2D eigenvalue weighted by atomic mass is 10.1. The van der Waals surface area contributed by atoms with Crippen LogP contribution in [0.3, 0.4) is 0 Å². The van der Waals surface area contributed by atoms with Crippen molar-refractivity contribution >= 4 is 23.2 Å². The minimum Gasteiger partial charge on any atom is -0.322 e. The van der Waals surface area contributed by atoms with Crippen molar-refractivity contribution in [3.63, 3.8) is 0 Å². The molecule has 2 aromatic carbocycles. The fraction of sp³-hybridized carbons (Fsp3) is 0.333. The van der Waals surface area contributed by atoms with Gasteiger partial charge in [-0.05, 0) is 43.3 Å². The summed E-state index contributed by atoms with van der Waals surface area (Å²) in [5.74, 6) is 0.0213. The molecule has 3 rings (SSSR count). The average molecular weight is 385 g/mol. The first-order valence-corrected chi connectivity index (χ1v) is 9.66. The monoisotopic (exact) mass is 384 g/mol. The number of carbonyl (C=O) groups is 1. The maximum absolute atomic E-state index is 12.6. The van der Waals surface area contributed by atoms with Gasteiger partial charge in [0.25, 0.3) is 5.91 Å². The van der Waals surface area contributed by atoms with Gasteiger partial charge >= 0.3 is 0 Å². The van der Waals surface area contributed by atoms with Crippen LogP contribution in [0, 0.1) is 11.3 Å². The van der Waals surface area contributed by atoms with Crippen LogP contribution in [0.25, 0.3) is 0 Å². The van der Waals surface area contributed by atoms with Crippen molar-refractivity contribution in [3.8, 4) is 6.07 Å². The number of quaternary nitrogens is 2. The Labute approximate surface area is 165 Å². The molecule has 5 nitrogen and oxygen atoms in total. The molecule has 1 saturated heterocycles. The van der Waals surface area contributed by atoms with E-state index in [4.69, 9.17) is 16.9 Å². The average Bonchev–Trinajstić information content (AvgIpc) is 2.68. The lowest BCUT2D eigenvalue weighted by Gasteiger charge is -2.32. The van der Waals surface area contributed by atoms with Gasteiger partial charge in [-0.2, -0.15) is 5.26 Å². The van der Waals surface area contributed by atoms with Gasteiger partial charge in [-0.15, -0.1) is 0 Å². The second-order valence-electron chi connectivity index (χ2n) is 7.12. The van der Waals surface area contributed by atoms with Gasteiger partial charge in [0.15, 0.2) is 6.04 Å². The van der Waals surface area contributed by atoms with Gasteiger partial charge in [-0.25, -0.2) is 0 Å². The van der Waals surface area contributed by atoms with Crippen LogP contribution in [-0.2, 0) is 11.3 Å². The van der Waals surface area contributed by atoms with Gasteiger partial charge in [0, 0.05) is 16.3 Å². The smallest absolute Gasteiger partial charge is 0.282 e. The highest BCUT2D eigenvalue weighted by Crippen LogP contribution is 2.10. The molecule has 0 saturated carbocycles. The zero-order chi connectivity index (χ0) is 19.2. The van der Waals surface area contributed by atoms with Crippen molar-refractivity contribution < 1.29 is 14.6 Å². The SMILES string of the molecule is C[C@H](C(=O)Nc1ccc(C#N)cc1)[NH+]1CC[NH+](Cc2cccc(Cl)c2)CC1. The van der Waals surface area contributed by atoms with E-state index in [2.05, 4.69) is 17.5 Å². The molecule has 27 heavy (non-hydrogen) atoms. The van der Waals surface area contributed by atoms with Crippen LogP contribution in [0.2, 0.25) is 5.02 Å². The van der Waals surface area contributed by atoms with E-state index in [1.807, 2.05) is 25.1 Å². The fourth-order valence-corrected chi connectivity index (χ4v) is 3.75. The Morgan fingerprint density at radius 2 is 1.89 bits per heavy atom. The van der Waals surface area contributed by atoms with Gasteiger partial charge in [-0.1, -0.05) is 23.7 Å². The van der Waals surface area contributed by atoms with Crippen molar-refractivity contribution in [1.29, 1.82) is 5.26 Å². The normalized spacial score (nSPS) is 20.5. The summed E-state index contributed by atoms with van der Waals surface area (Å²) in [7, 11) is 0. The van der Waals surface area contributed by atoms with E-state index in [0.717, 1.165) is 43.4 Å². The molecule has 2 aromatic rings. The van der Waals surface area contributed by atoms with E-state index >= 15 is 0 Å². The molecular formula is C21H25ClN4O+2. The minimum atomic E-state index is -0.103. The lowest BCUT2D eigenvalue weighted by molar-refractivity contribution is -1.02. The molecule has 0 unspecified atom stereocenters. The molecule has 1 amide bonds. The third-order valence-corrected chi connectivity index (χ3v) is 5.46. The lowest BCUT2D eigenvalue weighted by Crippen LogP contribution is -3.29. The number of amides is 1. The van der Waals surface area contributed by atoms with Gasteiger partial charge in [0.1, 0.15) is 32.7 Å². The molecule has 0 spiro atoms. The van der Waals surface area contributed by atoms with Crippen molar-refractivity contribution in [2.75, 3.05) is 31.5 Å². The predicted octanol–water partition coefficient (Wildman–Crippen LogP) is 0.522. The quantitative estimate of drug-likeness (QED) is 0.704. The molecule has 1 atom stereocenters. The molecule has 1 fully saturated rings. The highest BCUT2D eigenvalue weighted by molar-refractivity contribution is 6.30. The Kier molecular flexibility index (Phi) is 6.46. The maximum atomic E-state index is 12.6. The summed E-state index contributed by atoms with van der Waals surface area (Å²) < 4.78 is 0.